The minimum absolute atomic E-state index is 0.0362. The van der Waals surface area contributed by atoms with Gasteiger partial charge in [-0.2, -0.15) is 5.10 Å². The quantitative estimate of drug-likeness (QED) is 0.493. The standard InChI is InChI=1S/C19H19N9OS/c1-14-17(30-19(24-14)27-4-2-3-5-27)18(29)26-8-6-25(7-9-26)15-10-16(22-12-21-15)28-13-20-11-23-28/h2-5,10-13H,6-9H2,1H3. The van der Waals surface area contributed by atoms with E-state index in [2.05, 4.69) is 29.9 Å². The van der Waals surface area contributed by atoms with Gasteiger partial charge in [0.1, 0.15) is 29.7 Å². The van der Waals surface area contributed by atoms with Crippen molar-refractivity contribution in [3.8, 4) is 10.9 Å². The molecule has 1 amide bonds. The summed E-state index contributed by atoms with van der Waals surface area (Å²) in [6.45, 7) is 4.53. The predicted molar refractivity (Wildman–Crippen MR) is 111 cm³/mol. The van der Waals surface area contributed by atoms with Crippen LogP contribution in [0.4, 0.5) is 5.82 Å². The van der Waals surface area contributed by atoms with E-state index < -0.39 is 0 Å². The van der Waals surface area contributed by atoms with Crippen molar-refractivity contribution in [2.75, 3.05) is 31.1 Å². The van der Waals surface area contributed by atoms with E-state index in [0.717, 1.165) is 16.6 Å². The first-order valence-corrected chi connectivity index (χ1v) is 10.3. The third-order valence-electron chi connectivity index (χ3n) is 4.99. The molecular weight excluding hydrogens is 402 g/mol. The van der Waals surface area contributed by atoms with Crippen LogP contribution in [0.1, 0.15) is 15.4 Å². The molecule has 4 aromatic heterocycles. The molecule has 0 atom stereocenters. The lowest BCUT2D eigenvalue weighted by atomic mass is 10.2. The van der Waals surface area contributed by atoms with Crippen LogP contribution < -0.4 is 4.90 Å². The van der Waals surface area contributed by atoms with Gasteiger partial charge in [-0.3, -0.25) is 4.79 Å². The molecule has 5 heterocycles. The summed E-state index contributed by atoms with van der Waals surface area (Å²) in [5.74, 6) is 1.51. The zero-order valence-electron chi connectivity index (χ0n) is 16.3. The van der Waals surface area contributed by atoms with Crippen molar-refractivity contribution in [2.24, 2.45) is 0 Å². The third-order valence-corrected chi connectivity index (χ3v) is 6.15. The Morgan fingerprint density at radius 3 is 2.53 bits per heavy atom. The maximum Gasteiger partial charge on any atom is 0.266 e. The first kappa shape index (κ1) is 18.4. The number of anilines is 1. The SMILES string of the molecule is Cc1nc(-n2cccc2)sc1C(=O)N1CCN(c2cc(-n3cncn3)ncn2)CC1. The van der Waals surface area contributed by atoms with Crippen molar-refractivity contribution in [3.63, 3.8) is 0 Å². The second kappa shape index (κ2) is 7.67. The Balaban J connectivity index is 1.27. The summed E-state index contributed by atoms with van der Waals surface area (Å²) in [4.78, 5) is 35.0. The van der Waals surface area contributed by atoms with Crippen molar-refractivity contribution in [1.29, 1.82) is 0 Å². The highest BCUT2D eigenvalue weighted by molar-refractivity contribution is 7.16. The van der Waals surface area contributed by atoms with Gasteiger partial charge in [-0.15, -0.1) is 0 Å². The maximum atomic E-state index is 13.1. The van der Waals surface area contributed by atoms with Gasteiger partial charge in [0, 0.05) is 44.6 Å². The Morgan fingerprint density at radius 1 is 1.03 bits per heavy atom. The van der Waals surface area contributed by atoms with Crippen LogP contribution in [0, 0.1) is 6.92 Å². The molecule has 10 nitrogen and oxygen atoms in total. The van der Waals surface area contributed by atoms with E-state index >= 15 is 0 Å². The fourth-order valence-electron chi connectivity index (χ4n) is 3.40. The number of carbonyl (C=O) groups is 1. The molecule has 11 heteroatoms. The monoisotopic (exact) mass is 421 g/mol. The van der Waals surface area contributed by atoms with Crippen molar-refractivity contribution >= 4 is 23.1 Å². The molecule has 0 aromatic carbocycles. The number of hydrogen-bond donors (Lipinski definition) is 0. The van der Waals surface area contributed by atoms with Gasteiger partial charge in [-0.25, -0.2) is 24.6 Å². The van der Waals surface area contributed by atoms with Crippen molar-refractivity contribution < 1.29 is 4.79 Å². The molecule has 0 saturated carbocycles. The highest BCUT2D eigenvalue weighted by Gasteiger charge is 2.26. The summed E-state index contributed by atoms with van der Waals surface area (Å²) in [5, 5.41) is 4.91. The average molecular weight is 421 g/mol. The van der Waals surface area contributed by atoms with Crippen LogP contribution in [0.2, 0.25) is 0 Å². The Kier molecular flexibility index (Phi) is 4.71. The van der Waals surface area contributed by atoms with Crippen molar-refractivity contribution in [1.82, 2.24) is 39.2 Å². The molecule has 1 saturated heterocycles. The largest absolute Gasteiger partial charge is 0.353 e. The van der Waals surface area contributed by atoms with Gasteiger partial charge in [-0.05, 0) is 19.1 Å². The summed E-state index contributed by atoms with van der Waals surface area (Å²) in [6, 6.07) is 5.76. The lowest BCUT2D eigenvalue weighted by Gasteiger charge is -2.35. The maximum absolute atomic E-state index is 13.1. The number of thiazole rings is 1. The summed E-state index contributed by atoms with van der Waals surface area (Å²) in [7, 11) is 0. The Morgan fingerprint density at radius 2 is 1.80 bits per heavy atom. The Labute approximate surface area is 176 Å². The molecule has 0 N–H and O–H groups in total. The molecule has 5 rings (SSSR count). The smallest absolute Gasteiger partial charge is 0.266 e. The zero-order chi connectivity index (χ0) is 20.5. The van der Waals surface area contributed by atoms with Gasteiger partial charge in [0.25, 0.3) is 5.91 Å². The molecule has 4 aromatic rings. The highest BCUT2D eigenvalue weighted by atomic mass is 32.1. The van der Waals surface area contributed by atoms with Gasteiger partial charge in [0.2, 0.25) is 0 Å². The van der Waals surface area contributed by atoms with E-state index in [9.17, 15) is 4.79 Å². The van der Waals surface area contributed by atoms with E-state index in [0.29, 0.717) is 36.9 Å². The number of carbonyl (C=O) groups excluding carboxylic acids is 1. The number of piperazine rings is 1. The lowest BCUT2D eigenvalue weighted by molar-refractivity contribution is 0.0750. The van der Waals surface area contributed by atoms with Crippen LogP contribution in [0.15, 0.2) is 49.6 Å². The molecule has 1 fully saturated rings. The number of aryl methyl sites for hydroxylation is 1. The first-order chi connectivity index (χ1) is 14.7. The summed E-state index contributed by atoms with van der Waals surface area (Å²) >= 11 is 1.43. The second-order valence-corrected chi connectivity index (χ2v) is 7.83. The first-order valence-electron chi connectivity index (χ1n) is 9.51. The van der Waals surface area contributed by atoms with E-state index in [1.165, 1.54) is 24.0 Å². The van der Waals surface area contributed by atoms with Crippen LogP contribution in [0.25, 0.3) is 10.9 Å². The minimum atomic E-state index is 0.0362. The highest BCUT2D eigenvalue weighted by Crippen LogP contribution is 2.24. The van der Waals surface area contributed by atoms with Crippen LogP contribution in [-0.4, -0.2) is 71.3 Å². The topological polar surface area (TPSA) is 97.9 Å². The van der Waals surface area contributed by atoms with Gasteiger partial charge in [0.15, 0.2) is 10.9 Å². The molecule has 0 aliphatic carbocycles. The van der Waals surface area contributed by atoms with Gasteiger partial charge >= 0.3 is 0 Å². The van der Waals surface area contributed by atoms with Crippen molar-refractivity contribution in [2.45, 2.75) is 6.92 Å². The lowest BCUT2D eigenvalue weighted by Crippen LogP contribution is -2.49. The molecule has 1 aliphatic rings. The molecule has 0 radical (unpaired) electrons. The third kappa shape index (κ3) is 3.43. The molecule has 1 aliphatic heterocycles. The normalized spacial score (nSPS) is 14.3. The van der Waals surface area contributed by atoms with E-state index in [-0.39, 0.29) is 5.91 Å². The van der Waals surface area contributed by atoms with Gasteiger partial charge in [0.05, 0.1) is 5.69 Å². The number of amides is 1. The second-order valence-electron chi connectivity index (χ2n) is 6.85. The molecule has 152 valence electrons. The number of nitrogens with zero attached hydrogens (tertiary/aromatic N) is 9. The molecule has 0 bridgehead atoms. The minimum Gasteiger partial charge on any atom is -0.353 e. The number of hydrogen-bond acceptors (Lipinski definition) is 8. The van der Waals surface area contributed by atoms with Crippen LogP contribution in [-0.2, 0) is 0 Å². The summed E-state index contributed by atoms with van der Waals surface area (Å²) < 4.78 is 3.52. The fraction of sp³-hybridized carbons (Fsp3) is 0.263. The zero-order valence-corrected chi connectivity index (χ0v) is 17.1. The Hall–Kier alpha value is -3.60. The Bertz CT molecular complexity index is 1140. The van der Waals surface area contributed by atoms with Crippen LogP contribution in [0.3, 0.4) is 0 Å². The van der Waals surface area contributed by atoms with Crippen LogP contribution in [0.5, 0.6) is 0 Å². The molecule has 0 unspecified atom stereocenters. The summed E-state index contributed by atoms with van der Waals surface area (Å²) in [5.41, 5.74) is 0.768. The van der Waals surface area contributed by atoms with E-state index in [1.807, 2.05) is 47.0 Å². The van der Waals surface area contributed by atoms with Gasteiger partial charge < -0.3 is 14.4 Å². The predicted octanol–water partition coefficient (Wildman–Crippen LogP) is 1.58. The van der Waals surface area contributed by atoms with Gasteiger partial charge in [-0.1, -0.05) is 11.3 Å². The van der Waals surface area contributed by atoms with Crippen molar-refractivity contribution in [3.05, 3.63) is 60.1 Å². The number of rotatable bonds is 4. The fourth-order valence-corrected chi connectivity index (χ4v) is 4.40. The number of aromatic nitrogens is 7. The molecular formula is C19H19N9OS. The van der Waals surface area contributed by atoms with E-state index in [4.69, 9.17) is 0 Å². The van der Waals surface area contributed by atoms with E-state index in [1.54, 1.807) is 11.0 Å². The molecule has 0 spiro atoms. The average Bonchev–Trinajstić information content (AvgIpc) is 3.55. The van der Waals surface area contributed by atoms with Crippen LogP contribution >= 0.6 is 11.3 Å². The summed E-state index contributed by atoms with van der Waals surface area (Å²) in [6.07, 6.45) is 8.45. The molecule has 30 heavy (non-hydrogen) atoms.